The minimum absolute atomic E-state index is 0.229. The SMILES string of the molecule is CCCCN(CCCC)C(CCC)CNC(C)(C)C. The molecule has 19 heavy (non-hydrogen) atoms. The molecule has 0 saturated heterocycles. The molecule has 0 aromatic rings. The van der Waals surface area contributed by atoms with Crippen molar-refractivity contribution in [3.8, 4) is 0 Å². The molecule has 0 amide bonds. The molecule has 2 nitrogen and oxygen atoms in total. The average Bonchev–Trinajstić information content (AvgIpc) is 2.34. The van der Waals surface area contributed by atoms with Gasteiger partial charge in [0.25, 0.3) is 0 Å². The monoisotopic (exact) mass is 270 g/mol. The molecule has 1 atom stereocenters. The second-order valence-corrected chi connectivity index (χ2v) is 6.82. The van der Waals surface area contributed by atoms with E-state index in [-0.39, 0.29) is 5.54 Å². The normalized spacial score (nSPS) is 14.1. The van der Waals surface area contributed by atoms with Crippen molar-refractivity contribution in [2.24, 2.45) is 0 Å². The molecular formula is C17H38N2. The Morgan fingerprint density at radius 3 is 1.79 bits per heavy atom. The first-order chi connectivity index (χ1) is 8.94. The highest BCUT2D eigenvalue weighted by Gasteiger charge is 2.19. The summed E-state index contributed by atoms with van der Waals surface area (Å²) in [5.41, 5.74) is 0.229. The van der Waals surface area contributed by atoms with E-state index in [0.29, 0.717) is 6.04 Å². The number of nitrogens with zero attached hydrogens (tertiary/aromatic N) is 1. The fourth-order valence-corrected chi connectivity index (χ4v) is 2.37. The van der Waals surface area contributed by atoms with E-state index in [0.717, 1.165) is 6.54 Å². The van der Waals surface area contributed by atoms with Crippen LogP contribution in [-0.2, 0) is 0 Å². The van der Waals surface area contributed by atoms with Crippen molar-refractivity contribution in [3.63, 3.8) is 0 Å². The zero-order valence-corrected chi connectivity index (χ0v) is 14.4. The van der Waals surface area contributed by atoms with Gasteiger partial charge in [0.05, 0.1) is 0 Å². The van der Waals surface area contributed by atoms with Crippen LogP contribution >= 0.6 is 0 Å². The molecule has 0 aliphatic rings. The average molecular weight is 271 g/mol. The van der Waals surface area contributed by atoms with Crippen molar-refractivity contribution in [1.82, 2.24) is 10.2 Å². The summed E-state index contributed by atoms with van der Waals surface area (Å²) in [6.07, 6.45) is 7.86. The van der Waals surface area contributed by atoms with Crippen molar-refractivity contribution in [3.05, 3.63) is 0 Å². The van der Waals surface area contributed by atoms with Crippen molar-refractivity contribution < 1.29 is 0 Å². The Labute approximate surface area is 122 Å². The van der Waals surface area contributed by atoms with Crippen LogP contribution in [0.3, 0.4) is 0 Å². The number of hydrogen-bond donors (Lipinski definition) is 1. The lowest BCUT2D eigenvalue weighted by Gasteiger charge is -2.34. The maximum absolute atomic E-state index is 3.70. The quantitative estimate of drug-likeness (QED) is 0.597. The molecule has 0 rings (SSSR count). The predicted octanol–water partition coefficient (Wildman–Crippen LogP) is 4.45. The standard InChI is InChI=1S/C17H38N2/c1-7-10-13-19(14-11-8-2)16(12-9-3)15-18-17(4,5)6/h16,18H,7-15H2,1-6H3. The van der Waals surface area contributed by atoms with Crippen LogP contribution in [0.1, 0.15) is 80.1 Å². The summed E-state index contributed by atoms with van der Waals surface area (Å²) < 4.78 is 0. The summed E-state index contributed by atoms with van der Waals surface area (Å²) in [7, 11) is 0. The van der Waals surface area contributed by atoms with Crippen molar-refractivity contribution in [2.75, 3.05) is 19.6 Å². The number of unbranched alkanes of at least 4 members (excludes halogenated alkanes) is 2. The summed E-state index contributed by atoms with van der Waals surface area (Å²) in [5, 5.41) is 3.70. The summed E-state index contributed by atoms with van der Waals surface area (Å²) >= 11 is 0. The van der Waals surface area contributed by atoms with Crippen LogP contribution in [-0.4, -0.2) is 36.1 Å². The van der Waals surface area contributed by atoms with E-state index in [9.17, 15) is 0 Å². The Hall–Kier alpha value is -0.0800. The smallest absolute Gasteiger partial charge is 0.0220 e. The van der Waals surface area contributed by atoms with Gasteiger partial charge in [0, 0.05) is 18.1 Å². The van der Waals surface area contributed by atoms with Crippen LogP contribution in [0.25, 0.3) is 0 Å². The van der Waals surface area contributed by atoms with Crippen LogP contribution < -0.4 is 5.32 Å². The van der Waals surface area contributed by atoms with Gasteiger partial charge in [-0.25, -0.2) is 0 Å². The van der Waals surface area contributed by atoms with E-state index in [1.54, 1.807) is 0 Å². The van der Waals surface area contributed by atoms with Crippen LogP contribution in [0.15, 0.2) is 0 Å². The van der Waals surface area contributed by atoms with Crippen LogP contribution in [0.4, 0.5) is 0 Å². The molecule has 1 N–H and O–H groups in total. The maximum Gasteiger partial charge on any atom is 0.0220 e. The molecule has 0 aliphatic carbocycles. The van der Waals surface area contributed by atoms with Gasteiger partial charge in [-0.2, -0.15) is 0 Å². The Bertz CT molecular complexity index is 188. The summed E-state index contributed by atoms with van der Waals surface area (Å²) in [4.78, 5) is 2.73. The van der Waals surface area contributed by atoms with Gasteiger partial charge < -0.3 is 5.32 Å². The highest BCUT2D eigenvalue weighted by Crippen LogP contribution is 2.11. The third-order valence-electron chi connectivity index (χ3n) is 3.60. The molecule has 0 spiro atoms. The second-order valence-electron chi connectivity index (χ2n) is 6.82. The maximum atomic E-state index is 3.70. The molecule has 2 heteroatoms. The van der Waals surface area contributed by atoms with Gasteiger partial charge in [0.1, 0.15) is 0 Å². The van der Waals surface area contributed by atoms with Crippen molar-refractivity contribution in [1.29, 1.82) is 0 Å². The lowest BCUT2D eigenvalue weighted by molar-refractivity contribution is 0.167. The molecule has 0 bridgehead atoms. The van der Waals surface area contributed by atoms with Gasteiger partial charge in [-0.3, -0.25) is 4.90 Å². The summed E-state index contributed by atoms with van der Waals surface area (Å²) in [6, 6.07) is 0.710. The first-order valence-electron chi connectivity index (χ1n) is 8.43. The Balaban J connectivity index is 4.44. The summed E-state index contributed by atoms with van der Waals surface area (Å²) in [6.45, 7) is 17.3. The topological polar surface area (TPSA) is 15.3 Å². The highest BCUT2D eigenvalue weighted by molar-refractivity contribution is 4.79. The van der Waals surface area contributed by atoms with Gasteiger partial charge in [-0.15, -0.1) is 0 Å². The van der Waals surface area contributed by atoms with Gasteiger partial charge in [0.15, 0.2) is 0 Å². The minimum Gasteiger partial charge on any atom is -0.311 e. The molecule has 0 heterocycles. The van der Waals surface area contributed by atoms with Gasteiger partial charge in [-0.05, 0) is 53.1 Å². The second kappa shape index (κ2) is 10.7. The van der Waals surface area contributed by atoms with E-state index in [4.69, 9.17) is 0 Å². The first-order valence-corrected chi connectivity index (χ1v) is 8.43. The zero-order valence-electron chi connectivity index (χ0n) is 14.4. The fourth-order valence-electron chi connectivity index (χ4n) is 2.37. The molecule has 0 fully saturated rings. The Morgan fingerprint density at radius 2 is 1.42 bits per heavy atom. The Kier molecular flexibility index (Phi) is 10.6. The fraction of sp³-hybridized carbons (Fsp3) is 1.00. The van der Waals surface area contributed by atoms with Crippen LogP contribution in [0.2, 0.25) is 0 Å². The number of hydrogen-bond acceptors (Lipinski definition) is 2. The number of rotatable bonds is 11. The van der Waals surface area contributed by atoms with Crippen molar-refractivity contribution >= 4 is 0 Å². The first kappa shape index (κ1) is 18.9. The van der Waals surface area contributed by atoms with E-state index < -0.39 is 0 Å². The van der Waals surface area contributed by atoms with Crippen LogP contribution in [0.5, 0.6) is 0 Å². The van der Waals surface area contributed by atoms with Gasteiger partial charge in [0.2, 0.25) is 0 Å². The predicted molar refractivity (Wildman–Crippen MR) is 87.8 cm³/mol. The number of nitrogens with one attached hydrogen (secondary N) is 1. The zero-order chi connectivity index (χ0) is 14.7. The lowest BCUT2D eigenvalue weighted by Crippen LogP contribution is -2.48. The van der Waals surface area contributed by atoms with Gasteiger partial charge in [-0.1, -0.05) is 40.0 Å². The molecule has 116 valence electrons. The van der Waals surface area contributed by atoms with E-state index in [1.165, 1.54) is 51.6 Å². The Morgan fingerprint density at radius 1 is 0.895 bits per heavy atom. The third-order valence-corrected chi connectivity index (χ3v) is 3.60. The molecule has 0 aliphatic heterocycles. The van der Waals surface area contributed by atoms with E-state index in [1.807, 2.05) is 0 Å². The van der Waals surface area contributed by atoms with Crippen LogP contribution in [0, 0.1) is 0 Å². The molecular weight excluding hydrogens is 232 g/mol. The van der Waals surface area contributed by atoms with E-state index >= 15 is 0 Å². The van der Waals surface area contributed by atoms with Gasteiger partial charge >= 0.3 is 0 Å². The van der Waals surface area contributed by atoms with Crippen molar-refractivity contribution in [2.45, 2.75) is 91.6 Å². The molecule has 0 saturated carbocycles. The lowest BCUT2D eigenvalue weighted by atomic mass is 10.0. The third kappa shape index (κ3) is 10.4. The van der Waals surface area contributed by atoms with E-state index in [2.05, 4.69) is 51.8 Å². The minimum atomic E-state index is 0.229. The molecule has 0 aromatic heterocycles. The molecule has 0 radical (unpaired) electrons. The molecule has 1 unspecified atom stereocenters. The summed E-state index contributed by atoms with van der Waals surface area (Å²) in [5.74, 6) is 0. The largest absolute Gasteiger partial charge is 0.311 e. The molecule has 0 aromatic carbocycles. The highest BCUT2D eigenvalue weighted by atomic mass is 15.2.